The average Bonchev–Trinajstić information content (AvgIpc) is 2.84. The van der Waals surface area contributed by atoms with E-state index in [1.54, 1.807) is 27.9 Å². The van der Waals surface area contributed by atoms with E-state index >= 15 is 0 Å². The van der Waals surface area contributed by atoms with Crippen molar-refractivity contribution in [2.75, 3.05) is 10.2 Å². The summed E-state index contributed by atoms with van der Waals surface area (Å²) in [5.74, 6) is 0.168. The van der Waals surface area contributed by atoms with E-state index in [1.807, 2.05) is 31.3 Å². The number of aryl methyl sites for hydroxylation is 1. The maximum absolute atomic E-state index is 13.5. The first-order valence-electron chi connectivity index (χ1n) is 7.58. The van der Waals surface area contributed by atoms with E-state index in [-0.39, 0.29) is 5.91 Å². The molecule has 24 heavy (non-hydrogen) atoms. The molecule has 2 heterocycles. The van der Waals surface area contributed by atoms with Gasteiger partial charge in [-0.15, -0.1) is 0 Å². The number of para-hydroxylation sites is 2. The van der Waals surface area contributed by atoms with E-state index in [1.165, 1.54) is 12.1 Å². The number of nitrogens with zero attached hydrogens (tertiary/aromatic N) is 3. The van der Waals surface area contributed by atoms with E-state index in [2.05, 4.69) is 10.4 Å². The molecule has 0 unspecified atom stereocenters. The Balaban J connectivity index is 1.83. The van der Waals surface area contributed by atoms with Crippen molar-refractivity contribution < 1.29 is 9.18 Å². The van der Waals surface area contributed by atoms with E-state index in [0.717, 1.165) is 22.8 Å². The summed E-state index contributed by atoms with van der Waals surface area (Å²) >= 11 is 0. The van der Waals surface area contributed by atoms with Crippen molar-refractivity contribution in [1.29, 1.82) is 0 Å². The minimum absolute atomic E-state index is 0.250. The Hall–Kier alpha value is -3.15. The Morgan fingerprint density at radius 3 is 2.88 bits per heavy atom. The molecule has 0 saturated carbocycles. The van der Waals surface area contributed by atoms with E-state index in [9.17, 15) is 9.18 Å². The molecule has 0 bridgehead atoms. The van der Waals surface area contributed by atoms with E-state index < -0.39 is 5.82 Å². The third kappa shape index (κ3) is 2.32. The van der Waals surface area contributed by atoms with Crippen LogP contribution in [0.3, 0.4) is 0 Å². The van der Waals surface area contributed by atoms with Crippen LogP contribution in [-0.2, 0) is 13.6 Å². The second-order valence-corrected chi connectivity index (χ2v) is 5.69. The number of hydrogen-bond donors (Lipinski definition) is 1. The van der Waals surface area contributed by atoms with Crippen LogP contribution in [0.1, 0.15) is 15.9 Å². The smallest absolute Gasteiger partial charge is 0.258 e. The Morgan fingerprint density at radius 2 is 2.04 bits per heavy atom. The first-order chi connectivity index (χ1) is 11.6. The van der Waals surface area contributed by atoms with Crippen molar-refractivity contribution in [1.82, 2.24) is 9.78 Å². The van der Waals surface area contributed by atoms with Gasteiger partial charge < -0.3 is 10.2 Å². The number of halogens is 1. The molecule has 3 aromatic rings. The molecule has 1 amide bonds. The Morgan fingerprint density at radius 1 is 1.21 bits per heavy atom. The van der Waals surface area contributed by atoms with Crippen molar-refractivity contribution in [2.24, 2.45) is 7.05 Å². The Labute approximate surface area is 138 Å². The van der Waals surface area contributed by atoms with Gasteiger partial charge in [-0.05, 0) is 30.3 Å². The number of benzene rings is 2. The highest BCUT2D eigenvalue weighted by molar-refractivity contribution is 6.08. The summed E-state index contributed by atoms with van der Waals surface area (Å²) < 4.78 is 15.3. The fraction of sp³-hybridized carbons (Fsp3) is 0.111. The lowest BCUT2D eigenvalue weighted by Gasteiger charge is -2.22. The summed E-state index contributed by atoms with van der Waals surface area (Å²) in [7, 11) is 1.85. The lowest BCUT2D eigenvalue weighted by Crippen LogP contribution is -2.30. The van der Waals surface area contributed by atoms with Crippen LogP contribution in [0.15, 0.2) is 54.7 Å². The van der Waals surface area contributed by atoms with Crippen LogP contribution in [0, 0.1) is 5.82 Å². The molecule has 0 fully saturated rings. The number of carbonyl (C=O) groups is 1. The number of hydrogen-bond acceptors (Lipinski definition) is 3. The lowest BCUT2D eigenvalue weighted by molar-refractivity contribution is 0.0985. The normalized spacial score (nSPS) is 12.8. The molecule has 0 aliphatic carbocycles. The molecule has 5 nitrogen and oxygen atoms in total. The summed E-state index contributed by atoms with van der Waals surface area (Å²) in [6, 6.07) is 13.3. The topological polar surface area (TPSA) is 50.2 Å². The average molecular weight is 322 g/mol. The third-order valence-electron chi connectivity index (χ3n) is 4.11. The van der Waals surface area contributed by atoms with Gasteiger partial charge in [-0.2, -0.15) is 5.10 Å². The Bertz CT molecular complexity index is 934. The SMILES string of the molecule is Cn1ncc2c1Nc1ccccc1N(C(=O)c1cccc(F)c1)C2. The molecule has 1 N–H and O–H groups in total. The van der Waals surface area contributed by atoms with Gasteiger partial charge in [0.05, 0.1) is 24.1 Å². The number of amides is 1. The monoisotopic (exact) mass is 322 g/mol. The molecular formula is C18H15FN4O. The molecule has 0 spiro atoms. The molecule has 1 aliphatic rings. The van der Waals surface area contributed by atoms with Gasteiger partial charge in [0.15, 0.2) is 0 Å². The van der Waals surface area contributed by atoms with Gasteiger partial charge >= 0.3 is 0 Å². The fourth-order valence-electron chi connectivity index (χ4n) is 2.92. The fourth-order valence-corrected chi connectivity index (χ4v) is 2.92. The predicted octanol–water partition coefficient (Wildman–Crippen LogP) is 3.46. The number of aromatic nitrogens is 2. The summed E-state index contributed by atoms with van der Waals surface area (Å²) in [5, 5.41) is 7.58. The zero-order valence-electron chi connectivity index (χ0n) is 13.0. The summed E-state index contributed by atoms with van der Waals surface area (Å²) in [4.78, 5) is 14.6. The molecule has 6 heteroatoms. The number of anilines is 3. The minimum atomic E-state index is -0.427. The minimum Gasteiger partial charge on any atom is -0.338 e. The van der Waals surface area contributed by atoms with Crippen LogP contribution < -0.4 is 10.2 Å². The maximum Gasteiger partial charge on any atom is 0.258 e. The zero-order chi connectivity index (χ0) is 16.7. The number of fused-ring (bicyclic) bond motifs is 2. The molecule has 4 rings (SSSR count). The van der Waals surface area contributed by atoms with Crippen molar-refractivity contribution in [3.63, 3.8) is 0 Å². The molecule has 0 saturated heterocycles. The highest BCUT2D eigenvalue weighted by Crippen LogP contribution is 2.36. The van der Waals surface area contributed by atoms with Gasteiger partial charge in [0.25, 0.3) is 5.91 Å². The second kappa shape index (κ2) is 5.49. The van der Waals surface area contributed by atoms with Crippen molar-refractivity contribution in [3.05, 3.63) is 71.7 Å². The van der Waals surface area contributed by atoms with Crippen LogP contribution in [0.25, 0.3) is 0 Å². The van der Waals surface area contributed by atoms with E-state index in [4.69, 9.17) is 0 Å². The van der Waals surface area contributed by atoms with Gasteiger partial charge in [0.1, 0.15) is 11.6 Å². The van der Waals surface area contributed by atoms with Crippen LogP contribution >= 0.6 is 0 Å². The highest BCUT2D eigenvalue weighted by Gasteiger charge is 2.26. The number of carbonyl (C=O) groups excluding carboxylic acids is 1. The number of rotatable bonds is 1. The van der Waals surface area contributed by atoms with Gasteiger partial charge in [0.2, 0.25) is 0 Å². The molecule has 0 atom stereocenters. The standard InChI is InChI=1S/C18H15FN4O/c1-22-17-13(10-20-22)11-23(16-8-3-2-7-15(16)21-17)18(24)12-5-4-6-14(19)9-12/h2-10,21H,11H2,1H3. The second-order valence-electron chi connectivity index (χ2n) is 5.69. The largest absolute Gasteiger partial charge is 0.338 e. The zero-order valence-corrected chi connectivity index (χ0v) is 13.0. The van der Waals surface area contributed by atoms with Crippen molar-refractivity contribution >= 4 is 23.1 Å². The summed E-state index contributed by atoms with van der Waals surface area (Å²) in [5.41, 5.74) is 2.78. The van der Waals surface area contributed by atoms with Crippen molar-refractivity contribution in [2.45, 2.75) is 6.54 Å². The predicted molar refractivity (Wildman–Crippen MR) is 89.8 cm³/mol. The quantitative estimate of drug-likeness (QED) is 0.746. The van der Waals surface area contributed by atoms with Crippen LogP contribution in [0.2, 0.25) is 0 Å². The Kier molecular flexibility index (Phi) is 3.30. The van der Waals surface area contributed by atoms with Gasteiger partial charge in [0, 0.05) is 18.2 Å². The molecular weight excluding hydrogens is 307 g/mol. The van der Waals surface area contributed by atoms with Gasteiger partial charge in [-0.1, -0.05) is 18.2 Å². The lowest BCUT2D eigenvalue weighted by atomic mass is 10.1. The van der Waals surface area contributed by atoms with Gasteiger partial charge in [-0.25, -0.2) is 4.39 Å². The molecule has 2 aromatic carbocycles. The van der Waals surface area contributed by atoms with E-state index in [0.29, 0.717) is 12.1 Å². The summed E-state index contributed by atoms with van der Waals surface area (Å²) in [6.45, 7) is 0.364. The molecule has 1 aliphatic heterocycles. The van der Waals surface area contributed by atoms with Crippen LogP contribution in [0.5, 0.6) is 0 Å². The third-order valence-corrected chi connectivity index (χ3v) is 4.11. The molecule has 1 aromatic heterocycles. The first kappa shape index (κ1) is 14.4. The molecule has 120 valence electrons. The summed E-state index contributed by atoms with van der Waals surface area (Å²) in [6.07, 6.45) is 1.74. The maximum atomic E-state index is 13.5. The van der Waals surface area contributed by atoms with Crippen molar-refractivity contribution in [3.8, 4) is 0 Å². The van der Waals surface area contributed by atoms with Gasteiger partial charge in [-0.3, -0.25) is 9.48 Å². The van der Waals surface area contributed by atoms with Crippen LogP contribution in [-0.4, -0.2) is 15.7 Å². The van der Waals surface area contributed by atoms with Crippen LogP contribution in [0.4, 0.5) is 21.6 Å². The first-order valence-corrected chi connectivity index (χ1v) is 7.58. The highest BCUT2D eigenvalue weighted by atomic mass is 19.1. The molecule has 0 radical (unpaired) electrons. The number of nitrogens with one attached hydrogen (secondary N) is 1.